The molecule has 0 aliphatic heterocycles. The van der Waals surface area contributed by atoms with Crippen LogP contribution in [0.5, 0.6) is 0 Å². The maximum absolute atomic E-state index is 6.36. The molecule has 3 heteroatoms. The Labute approximate surface area is 131 Å². The Kier molecular flexibility index (Phi) is 5.27. The summed E-state index contributed by atoms with van der Waals surface area (Å²) in [4.78, 5) is 0. The van der Waals surface area contributed by atoms with Gasteiger partial charge in [-0.1, -0.05) is 47.0 Å². The number of hydrogen-bond donors (Lipinski definition) is 1. The molecule has 2 nitrogen and oxygen atoms in total. The fourth-order valence-corrected chi connectivity index (χ4v) is 3.06. The molecule has 0 bridgehead atoms. The molecule has 112 valence electrons. The van der Waals surface area contributed by atoms with E-state index in [0.29, 0.717) is 6.61 Å². The first-order chi connectivity index (χ1) is 9.40. The van der Waals surface area contributed by atoms with Gasteiger partial charge in [0.15, 0.2) is 0 Å². The molecule has 1 aromatic carbocycles. The molecular formula is C17H26BrNO. The molecule has 0 amide bonds. The molecule has 1 aliphatic rings. The summed E-state index contributed by atoms with van der Waals surface area (Å²) in [6.07, 6.45) is 4.89. The molecule has 0 unspecified atom stereocenters. The van der Waals surface area contributed by atoms with Crippen LogP contribution in [0.15, 0.2) is 28.7 Å². The predicted molar refractivity (Wildman–Crippen MR) is 87.9 cm³/mol. The lowest BCUT2D eigenvalue weighted by atomic mass is 9.99. The van der Waals surface area contributed by atoms with Gasteiger partial charge in [0.25, 0.3) is 0 Å². The van der Waals surface area contributed by atoms with Crippen LogP contribution in [0.3, 0.4) is 0 Å². The standard InChI is InChI=1S/C17H26BrNO/c1-16(2,3)19-13-17(10-6-7-11-17)20-12-14-8-4-5-9-15(14)18/h4-5,8-9,19H,6-7,10-13H2,1-3H3. The molecule has 1 N–H and O–H groups in total. The Morgan fingerprint density at radius 3 is 2.45 bits per heavy atom. The Hall–Kier alpha value is -0.380. The highest BCUT2D eigenvalue weighted by atomic mass is 79.9. The van der Waals surface area contributed by atoms with Gasteiger partial charge in [0, 0.05) is 16.6 Å². The van der Waals surface area contributed by atoms with Gasteiger partial charge in [0.2, 0.25) is 0 Å². The lowest BCUT2D eigenvalue weighted by molar-refractivity contribution is -0.0537. The first-order valence-corrected chi connectivity index (χ1v) is 8.32. The van der Waals surface area contributed by atoms with Crippen molar-refractivity contribution >= 4 is 15.9 Å². The smallest absolute Gasteiger partial charge is 0.0811 e. The van der Waals surface area contributed by atoms with E-state index in [1.165, 1.54) is 31.2 Å². The molecule has 0 radical (unpaired) electrons. The first-order valence-electron chi connectivity index (χ1n) is 7.53. The second-order valence-corrected chi connectivity index (χ2v) is 7.73. The molecule has 0 saturated heterocycles. The topological polar surface area (TPSA) is 21.3 Å². The van der Waals surface area contributed by atoms with Crippen LogP contribution >= 0.6 is 15.9 Å². The number of nitrogens with one attached hydrogen (secondary N) is 1. The van der Waals surface area contributed by atoms with Crippen LogP contribution in [0.25, 0.3) is 0 Å². The van der Waals surface area contributed by atoms with Gasteiger partial charge in [-0.2, -0.15) is 0 Å². The van der Waals surface area contributed by atoms with Crippen molar-refractivity contribution in [3.63, 3.8) is 0 Å². The highest BCUT2D eigenvalue weighted by Gasteiger charge is 2.35. The molecular weight excluding hydrogens is 314 g/mol. The number of benzene rings is 1. The molecule has 1 aromatic rings. The monoisotopic (exact) mass is 339 g/mol. The zero-order valence-corrected chi connectivity index (χ0v) is 14.4. The summed E-state index contributed by atoms with van der Waals surface area (Å²) in [5.41, 5.74) is 1.39. The van der Waals surface area contributed by atoms with Gasteiger partial charge in [-0.05, 0) is 45.2 Å². The first kappa shape index (κ1) is 16.0. The number of halogens is 1. The summed E-state index contributed by atoms with van der Waals surface area (Å²) in [5.74, 6) is 0. The summed E-state index contributed by atoms with van der Waals surface area (Å²) in [6.45, 7) is 8.27. The maximum Gasteiger partial charge on any atom is 0.0811 e. The van der Waals surface area contributed by atoms with Gasteiger partial charge in [-0.15, -0.1) is 0 Å². The number of hydrogen-bond acceptors (Lipinski definition) is 2. The van der Waals surface area contributed by atoms with Crippen molar-refractivity contribution in [1.82, 2.24) is 5.32 Å². The minimum absolute atomic E-state index is 0.0164. The SMILES string of the molecule is CC(C)(C)NCC1(OCc2ccccc2Br)CCCC1. The van der Waals surface area contributed by atoms with Crippen molar-refractivity contribution < 1.29 is 4.74 Å². The number of rotatable bonds is 5. The van der Waals surface area contributed by atoms with Crippen LogP contribution in [-0.2, 0) is 11.3 Å². The van der Waals surface area contributed by atoms with E-state index in [9.17, 15) is 0 Å². The van der Waals surface area contributed by atoms with Gasteiger partial charge in [0.05, 0.1) is 12.2 Å². The van der Waals surface area contributed by atoms with Crippen LogP contribution in [0.2, 0.25) is 0 Å². The summed E-state index contributed by atoms with van der Waals surface area (Å²) in [6, 6.07) is 8.32. The van der Waals surface area contributed by atoms with Crippen LogP contribution in [0, 0.1) is 0 Å². The van der Waals surface area contributed by atoms with Gasteiger partial charge >= 0.3 is 0 Å². The second-order valence-electron chi connectivity index (χ2n) is 6.87. The summed E-state index contributed by atoms with van der Waals surface area (Å²) in [5, 5.41) is 3.62. The quantitative estimate of drug-likeness (QED) is 0.841. The lowest BCUT2D eigenvalue weighted by Gasteiger charge is -2.33. The molecule has 2 rings (SSSR count). The van der Waals surface area contributed by atoms with Gasteiger partial charge in [-0.25, -0.2) is 0 Å². The zero-order valence-electron chi connectivity index (χ0n) is 12.8. The minimum Gasteiger partial charge on any atom is -0.369 e. The van der Waals surface area contributed by atoms with Crippen LogP contribution in [0.4, 0.5) is 0 Å². The molecule has 0 spiro atoms. The van der Waals surface area contributed by atoms with E-state index < -0.39 is 0 Å². The van der Waals surface area contributed by atoms with E-state index in [1.807, 2.05) is 6.07 Å². The van der Waals surface area contributed by atoms with E-state index in [1.54, 1.807) is 0 Å². The normalized spacial score (nSPS) is 18.4. The van der Waals surface area contributed by atoms with E-state index >= 15 is 0 Å². The third-order valence-corrected chi connectivity index (χ3v) is 4.72. The van der Waals surface area contributed by atoms with Crippen molar-refractivity contribution in [2.75, 3.05) is 6.54 Å². The maximum atomic E-state index is 6.36. The third-order valence-electron chi connectivity index (χ3n) is 3.95. The van der Waals surface area contributed by atoms with Crippen molar-refractivity contribution in [3.05, 3.63) is 34.3 Å². The average Bonchev–Trinajstić information content (AvgIpc) is 2.84. The fourth-order valence-electron chi connectivity index (χ4n) is 2.66. The molecule has 0 atom stereocenters. The Bertz CT molecular complexity index is 433. The van der Waals surface area contributed by atoms with Crippen molar-refractivity contribution in [2.45, 2.75) is 64.2 Å². The summed E-state index contributed by atoms with van der Waals surface area (Å²) < 4.78 is 7.50. The van der Waals surface area contributed by atoms with Crippen LogP contribution < -0.4 is 5.32 Å². The Morgan fingerprint density at radius 2 is 1.85 bits per heavy atom. The largest absolute Gasteiger partial charge is 0.369 e. The summed E-state index contributed by atoms with van der Waals surface area (Å²) in [7, 11) is 0. The van der Waals surface area contributed by atoms with Crippen molar-refractivity contribution in [2.24, 2.45) is 0 Å². The lowest BCUT2D eigenvalue weighted by Crippen LogP contribution is -2.47. The highest BCUT2D eigenvalue weighted by molar-refractivity contribution is 9.10. The molecule has 1 saturated carbocycles. The van der Waals surface area contributed by atoms with Crippen molar-refractivity contribution in [3.8, 4) is 0 Å². The predicted octanol–water partition coefficient (Wildman–Crippen LogP) is 4.67. The molecule has 1 aliphatic carbocycles. The molecule has 0 heterocycles. The molecule has 1 fully saturated rings. The summed E-state index contributed by atoms with van der Waals surface area (Å²) >= 11 is 3.60. The van der Waals surface area contributed by atoms with Gasteiger partial charge in [0.1, 0.15) is 0 Å². The van der Waals surface area contributed by atoms with E-state index in [0.717, 1.165) is 11.0 Å². The van der Waals surface area contributed by atoms with Crippen LogP contribution in [0.1, 0.15) is 52.0 Å². The second kappa shape index (κ2) is 6.59. The number of ether oxygens (including phenoxy) is 1. The fraction of sp³-hybridized carbons (Fsp3) is 0.647. The highest BCUT2D eigenvalue weighted by Crippen LogP contribution is 2.34. The molecule has 0 aromatic heterocycles. The molecule has 20 heavy (non-hydrogen) atoms. The van der Waals surface area contributed by atoms with Gasteiger partial charge in [-0.3, -0.25) is 0 Å². The average molecular weight is 340 g/mol. The Morgan fingerprint density at radius 1 is 1.20 bits per heavy atom. The van der Waals surface area contributed by atoms with Crippen molar-refractivity contribution in [1.29, 1.82) is 0 Å². The minimum atomic E-state index is 0.0164. The van der Waals surface area contributed by atoms with Gasteiger partial charge < -0.3 is 10.1 Å². The Balaban J connectivity index is 1.97. The van der Waals surface area contributed by atoms with E-state index in [4.69, 9.17) is 4.74 Å². The zero-order chi connectivity index (χ0) is 14.6. The van der Waals surface area contributed by atoms with E-state index in [2.05, 4.69) is 60.2 Å². The third kappa shape index (κ3) is 4.57. The van der Waals surface area contributed by atoms with E-state index in [-0.39, 0.29) is 11.1 Å². The van der Waals surface area contributed by atoms with Crippen LogP contribution in [-0.4, -0.2) is 17.7 Å².